The van der Waals surface area contributed by atoms with Crippen molar-refractivity contribution in [3.63, 3.8) is 0 Å². The molecule has 1 aliphatic heterocycles. The molecule has 6 heteroatoms. The Bertz CT molecular complexity index is 803. The van der Waals surface area contributed by atoms with Gasteiger partial charge in [0, 0.05) is 25.6 Å². The van der Waals surface area contributed by atoms with E-state index in [1.807, 2.05) is 30.3 Å². The van der Waals surface area contributed by atoms with Crippen LogP contribution in [0.25, 0.3) is 0 Å². The zero-order valence-electron chi connectivity index (χ0n) is 13.9. The fraction of sp³-hybridized carbons (Fsp3) is 0.211. The van der Waals surface area contributed by atoms with Crippen LogP contribution >= 0.6 is 0 Å². The standard InChI is InChI=1S/C19H18FN3O2/c1-22(16-5-3-2-4-6-16)19(25)13-23-18(24)12-11-17(21-23)14-7-9-15(20)10-8-14/h2-10H,11-13H2,1H3. The van der Waals surface area contributed by atoms with Crippen LogP contribution in [-0.2, 0) is 9.59 Å². The molecule has 128 valence electrons. The van der Waals surface area contributed by atoms with Gasteiger partial charge in [0.05, 0.1) is 5.71 Å². The van der Waals surface area contributed by atoms with Crippen LogP contribution in [-0.4, -0.2) is 36.1 Å². The Morgan fingerprint density at radius 3 is 2.48 bits per heavy atom. The van der Waals surface area contributed by atoms with Crippen molar-refractivity contribution in [1.82, 2.24) is 5.01 Å². The number of anilines is 1. The van der Waals surface area contributed by atoms with Gasteiger partial charge in [-0.15, -0.1) is 0 Å². The second-order valence-electron chi connectivity index (χ2n) is 5.79. The Kier molecular flexibility index (Phi) is 4.88. The van der Waals surface area contributed by atoms with Gasteiger partial charge in [-0.1, -0.05) is 30.3 Å². The lowest BCUT2D eigenvalue weighted by molar-refractivity contribution is -0.135. The maximum atomic E-state index is 13.1. The second-order valence-corrected chi connectivity index (χ2v) is 5.79. The van der Waals surface area contributed by atoms with Crippen LogP contribution in [0, 0.1) is 5.82 Å². The number of nitrogens with zero attached hydrogens (tertiary/aromatic N) is 3. The van der Waals surface area contributed by atoms with Crippen molar-refractivity contribution < 1.29 is 14.0 Å². The molecular weight excluding hydrogens is 321 g/mol. The number of rotatable bonds is 4. The lowest BCUT2D eigenvalue weighted by Gasteiger charge is -2.25. The van der Waals surface area contributed by atoms with Crippen LogP contribution < -0.4 is 4.90 Å². The highest BCUT2D eigenvalue weighted by molar-refractivity contribution is 6.05. The Morgan fingerprint density at radius 2 is 1.80 bits per heavy atom. The van der Waals surface area contributed by atoms with E-state index in [0.29, 0.717) is 12.1 Å². The number of para-hydroxylation sites is 1. The van der Waals surface area contributed by atoms with Crippen LogP contribution in [0.1, 0.15) is 18.4 Å². The molecule has 0 aliphatic carbocycles. The zero-order valence-corrected chi connectivity index (χ0v) is 13.9. The number of benzene rings is 2. The first-order chi connectivity index (χ1) is 12.0. The normalized spacial score (nSPS) is 14.2. The second kappa shape index (κ2) is 7.25. The predicted molar refractivity (Wildman–Crippen MR) is 93.7 cm³/mol. The van der Waals surface area contributed by atoms with Gasteiger partial charge in [0.15, 0.2) is 0 Å². The fourth-order valence-corrected chi connectivity index (χ4v) is 2.60. The molecule has 0 fully saturated rings. The van der Waals surface area contributed by atoms with Crippen molar-refractivity contribution in [3.8, 4) is 0 Å². The summed E-state index contributed by atoms with van der Waals surface area (Å²) in [5.74, 6) is -0.753. The quantitative estimate of drug-likeness (QED) is 0.860. The van der Waals surface area contributed by atoms with E-state index in [1.165, 1.54) is 22.0 Å². The summed E-state index contributed by atoms with van der Waals surface area (Å²) in [6.45, 7) is -0.130. The highest BCUT2D eigenvalue weighted by Gasteiger charge is 2.25. The number of hydrogen-bond acceptors (Lipinski definition) is 3. The van der Waals surface area contributed by atoms with Gasteiger partial charge in [0.1, 0.15) is 12.4 Å². The maximum Gasteiger partial charge on any atom is 0.248 e. The molecule has 3 rings (SSSR count). The number of likely N-dealkylation sites (N-methyl/N-ethyl adjacent to an activating group) is 1. The highest BCUT2D eigenvalue weighted by Crippen LogP contribution is 2.17. The van der Waals surface area contributed by atoms with E-state index in [9.17, 15) is 14.0 Å². The van der Waals surface area contributed by atoms with Crippen molar-refractivity contribution >= 4 is 23.2 Å². The van der Waals surface area contributed by atoms with Crippen molar-refractivity contribution in [3.05, 3.63) is 66.0 Å². The molecule has 2 amide bonds. The first-order valence-corrected chi connectivity index (χ1v) is 8.00. The molecule has 0 saturated heterocycles. The van der Waals surface area contributed by atoms with Crippen molar-refractivity contribution in [2.24, 2.45) is 5.10 Å². The summed E-state index contributed by atoms with van der Waals surface area (Å²) in [5, 5.41) is 5.51. The van der Waals surface area contributed by atoms with Gasteiger partial charge in [-0.3, -0.25) is 9.59 Å². The lowest BCUT2D eigenvalue weighted by Crippen LogP contribution is -2.41. The average Bonchev–Trinajstić information content (AvgIpc) is 2.64. The van der Waals surface area contributed by atoms with E-state index in [0.717, 1.165) is 11.3 Å². The molecule has 0 spiro atoms. The molecule has 2 aromatic carbocycles. The van der Waals surface area contributed by atoms with Crippen LogP contribution in [0.4, 0.5) is 10.1 Å². The molecule has 1 aliphatic rings. The third kappa shape index (κ3) is 3.91. The summed E-state index contributed by atoms with van der Waals surface area (Å²) >= 11 is 0. The molecule has 0 N–H and O–H groups in total. The first-order valence-electron chi connectivity index (χ1n) is 8.00. The molecule has 0 unspecified atom stereocenters. The summed E-state index contributed by atoms with van der Waals surface area (Å²) in [6, 6.07) is 15.2. The number of halogens is 1. The third-order valence-electron chi connectivity index (χ3n) is 4.09. The minimum Gasteiger partial charge on any atom is -0.314 e. The molecule has 0 radical (unpaired) electrons. The SMILES string of the molecule is CN(C(=O)CN1N=C(c2ccc(F)cc2)CCC1=O)c1ccccc1. The van der Waals surface area contributed by atoms with Crippen LogP contribution in [0.15, 0.2) is 59.7 Å². The monoisotopic (exact) mass is 339 g/mol. The summed E-state index contributed by atoms with van der Waals surface area (Å²) < 4.78 is 13.1. The summed E-state index contributed by atoms with van der Waals surface area (Å²) in [4.78, 5) is 26.1. The molecule has 0 saturated carbocycles. The Morgan fingerprint density at radius 1 is 1.12 bits per heavy atom. The Hall–Kier alpha value is -3.02. The van der Waals surface area contributed by atoms with Crippen molar-refractivity contribution in [1.29, 1.82) is 0 Å². The van der Waals surface area contributed by atoms with E-state index >= 15 is 0 Å². The van der Waals surface area contributed by atoms with Crippen molar-refractivity contribution in [2.45, 2.75) is 12.8 Å². The number of amides is 2. The van der Waals surface area contributed by atoms with Gasteiger partial charge < -0.3 is 4.90 Å². The summed E-state index contributed by atoms with van der Waals surface area (Å²) in [6.07, 6.45) is 0.752. The Balaban J connectivity index is 1.76. The van der Waals surface area contributed by atoms with Crippen LogP contribution in [0.3, 0.4) is 0 Å². The smallest absolute Gasteiger partial charge is 0.248 e. The topological polar surface area (TPSA) is 53.0 Å². The number of carbonyl (C=O) groups excluding carboxylic acids is 2. The lowest BCUT2D eigenvalue weighted by atomic mass is 10.0. The van der Waals surface area contributed by atoms with Gasteiger partial charge in [0.25, 0.3) is 0 Å². The minimum atomic E-state index is -0.326. The molecule has 2 aromatic rings. The molecule has 5 nitrogen and oxygen atoms in total. The highest BCUT2D eigenvalue weighted by atomic mass is 19.1. The molecule has 0 bridgehead atoms. The first kappa shape index (κ1) is 16.8. The summed E-state index contributed by atoms with van der Waals surface area (Å²) in [5.41, 5.74) is 2.18. The van der Waals surface area contributed by atoms with Gasteiger partial charge >= 0.3 is 0 Å². The van der Waals surface area contributed by atoms with Crippen LogP contribution in [0.5, 0.6) is 0 Å². The number of hydrazone groups is 1. The molecule has 25 heavy (non-hydrogen) atoms. The average molecular weight is 339 g/mol. The van der Waals surface area contributed by atoms with E-state index in [2.05, 4.69) is 5.10 Å². The largest absolute Gasteiger partial charge is 0.314 e. The summed E-state index contributed by atoms with van der Waals surface area (Å²) in [7, 11) is 1.66. The van der Waals surface area contributed by atoms with E-state index in [1.54, 1.807) is 19.2 Å². The zero-order chi connectivity index (χ0) is 17.8. The van der Waals surface area contributed by atoms with E-state index in [-0.39, 0.29) is 30.6 Å². The van der Waals surface area contributed by atoms with Crippen LogP contribution in [0.2, 0.25) is 0 Å². The Labute approximate surface area is 145 Å². The van der Waals surface area contributed by atoms with E-state index in [4.69, 9.17) is 0 Å². The number of hydrogen-bond donors (Lipinski definition) is 0. The van der Waals surface area contributed by atoms with Gasteiger partial charge in [-0.25, -0.2) is 9.40 Å². The molecule has 0 atom stereocenters. The van der Waals surface area contributed by atoms with Gasteiger partial charge in [0.2, 0.25) is 11.8 Å². The molecule has 1 heterocycles. The van der Waals surface area contributed by atoms with Gasteiger partial charge in [-0.2, -0.15) is 5.10 Å². The minimum absolute atomic E-state index is 0.130. The molecule has 0 aromatic heterocycles. The number of carbonyl (C=O) groups is 2. The third-order valence-corrected chi connectivity index (χ3v) is 4.09. The maximum absolute atomic E-state index is 13.1. The van der Waals surface area contributed by atoms with Gasteiger partial charge in [-0.05, 0) is 29.8 Å². The fourth-order valence-electron chi connectivity index (χ4n) is 2.60. The predicted octanol–water partition coefficient (Wildman–Crippen LogP) is 2.82. The van der Waals surface area contributed by atoms with Crippen molar-refractivity contribution in [2.75, 3.05) is 18.5 Å². The molecular formula is C19H18FN3O2. The van der Waals surface area contributed by atoms with E-state index < -0.39 is 0 Å².